The van der Waals surface area contributed by atoms with E-state index in [1.807, 2.05) is 7.05 Å². The topological polar surface area (TPSA) is 28.5 Å². The van der Waals surface area contributed by atoms with Gasteiger partial charge in [-0.3, -0.25) is 4.99 Å². The molecule has 15 heavy (non-hydrogen) atoms. The van der Waals surface area contributed by atoms with Crippen LogP contribution in [0.3, 0.4) is 0 Å². The number of pyridine rings is 1. The molecular formula is C10H11Cl2N3. The van der Waals surface area contributed by atoms with Crippen molar-refractivity contribution in [2.45, 2.75) is 6.42 Å². The van der Waals surface area contributed by atoms with Gasteiger partial charge in [-0.1, -0.05) is 23.2 Å². The molecule has 2 rings (SSSR count). The highest BCUT2D eigenvalue weighted by atomic mass is 35.5. The van der Waals surface area contributed by atoms with Gasteiger partial charge >= 0.3 is 0 Å². The van der Waals surface area contributed by atoms with Gasteiger partial charge in [-0.2, -0.15) is 0 Å². The van der Waals surface area contributed by atoms with Crippen LogP contribution < -0.4 is 0 Å². The fraction of sp³-hybridized carbons (Fsp3) is 0.400. The summed E-state index contributed by atoms with van der Waals surface area (Å²) in [4.78, 5) is 10.6. The van der Waals surface area contributed by atoms with Gasteiger partial charge in [-0.25, -0.2) is 4.98 Å². The van der Waals surface area contributed by atoms with E-state index in [2.05, 4.69) is 14.9 Å². The molecule has 80 valence electrons. The Morgan fingerprint density at radius 1 is 1.40 bits per heavy atom. The van der Waals surface area contributed by atoms with Gasteiger partial charge in [0.25, 0.3) is 0 Å². The van der Waals surface area contributed by atoms with E-state index in [0.717, 1.165) is 30.9 Å². The maximum absolute atomic E-state index is 5.91. The molecule has 0 atom stereocenters. The first kappa shape index (κ1) is 10.7. The molecule has 1 aromatic heterocycles. The van der Waals surface area contributed by atoms with Gasteiger partial charge in [0.1, 0.15) is 11.0 Å². The summed E-state index contributed by atoms with van der Waals surface area (Å²) < 4.78 is 0. The van der Waals surface area contributed by atoms with E-state index in [1.54, 1.807) is 12.3 Å². The van der Waals surface area contributed by atoms with Crippen molar-refractivity contribution in [3.8, 4) is 0 Å². The van der Waals surface area contributed by atoms with Crippen LogP contribution in [-0.4, -0.2) is 35.9 Å². The normalized spacial score (nSPS) is 16.5. The largest absolute Gasteiger partial charge is 0.359 e. The van der Waals surface area contributed by atoms with Gasteiger partial charge < -0.3 is 4.90 Å². The number of hydrogen-bond acceptors (Lipinski definition) is 3. The lowest BCUT2D eigenvalue weighted by molar-refractivity contribution is 0.468. The van der Waals surface area contributed by atoms with Gasteiger partial charge in [0.15, 0.2) is 0 Å². The summed E-state index contributed by atoms with van der Waals surface area (Å²) in [5.41, 5.74) is 0.923. The first-order valence-corrected chi connectivity index (χ1v) is 5.51. The number of nitrogens with zero attached hydrogens (tertiary/aromatic N) is 3. The summed E-state index contributed by atoms with van der Waals surface area (Å²) in [6.45, 7) is 1.87. The first-order chi connectivity index (χ1) is 7.18. The SMILES string of the molecule is CN1CCCN=C1c1cnc(Cl)c(Cl)c1. The van der Waals surface area contributed by atoms with Crippen LogP contribution in [0.1, 0.15) is 12.0 Å². The van der Waals surface area contributed by atoms with Crippen molar-refractivity contribution < 1.29 is 0 Å². The second-order valence-electron chi connectivity index (χ2n) is 3.48. The van der Waals surface area contributed by atoms with Crippen LogP contribution in [0, 0.1) is 0 Å². The minimum atomic E-state index is 0.333. The first-order valence-electron chi connectivity index (χ1n) is 4.75. The van der Waals surface area contributed by atoms with Crippen LogP contribution in [0.15, 0.2) is 17.3 Å². The molecule has 0 aliphatic carbocycles. The number of hydrogen-bond donors (Lipinski definition) is 0. The van der Waals surface area contributed by atoms with Gasteiger partial charge in [-0.15, -0.1) is 0 Å². The number of aliphatic imine (C=N–C) groups is 1. The molecule has 0 aromatic carbocycles. The predicted molar refractivity (Wildman–Crippen MR) is 62.9 cm³/mol. The van der Waals surface area contributed by atoms with Crippen molar-refractivity contribution in [2.24, 2.45) is 4.99 Å². The zero-order chi connectivity index (χ0) is 10.8. The Hall–Kier alpha value is -0.800. The van der Waals surface area contributed by atoms with Crippen LogP contribution in [0.5, 0.6) is 0 Å². The molecule has 0 unspecified atom stereocenters. The Labute approximate surface area is 98.7 Å². The maximum Gasteiger partial charge on any atom is 0.147 e. The summed E-state index contributed by atoms with van der Waals surface area (Å²) in [5.74, 6) is 0.937. The van der Waals surface area contributed by atoms with Crippen molar-refractivity contribution in [2.75, 3.05) is 20.1 Å². The smallest absolute Gasteiger partial charge is 0.147 e. The summed E-state index contributed by atoms with van der Waals surface area (Å²) in [7, 11) is 2.01. The van der Waals surface area contributed by atoms with E-state index in [-0.39, 0.29) is 0 Å². The van der Waals surface area contributed by atoms with Crippen molar-refractivity contribution in [3.05, 3.63) is 28.0 Å². The van der Waals surface area contributed by atoms with E-state index in [1.165, 1.54) is 0 Å². The quantitative estimate of drug-likeness (QED) is 0.710. The molecule has 1 aliphatic rings. The Kier molecular flexibility index (Phi) is 3.12. The van der Waals surface area contributed by atoms with E-state index >= 15 is 0 Å². The van der Waals surface area contributed by atoms with Crippen molar-refractivity contribution in [3.63, 3.8) is 0 Å². The average Bonchev–Trinajstić information content (AvgIpc) is 2.23. The van der Waals surface area contributed by atoms with Crippen LogP contribution in [-0.2, 0) is 0 Å². The maximum atomic E-state index is 5.91. The monoisotopic (exact) mass is 243 g/mol. The third-order valence-electron chi connectivity index (χ3n) is 2.33. The lowest BCUT2D eigenvalue weighted by Gasteiger charge is -2.25. The highest BCUT2D eigenvalue weighted by Gasteiger charge is 2.14. The second-order valence-corrected chi connectivity index (χ2v) is 4.24. The van der Waals surface area contributed by atoms with Crippen LogP contribution >= 0.6 is 23.2 Å². The van der Waals surface area contributed by atoms with E-state index in [9.17, 15) is 0 Å². The third-order valence-corrected chi connectivity index (χ3v) is 3.02. The highest BCUT2D eigenvalue weighted by molar-refractivity contribution is 6.41. The second kappa shape index (κ2) is 4.37. The summed E-state index contributed by atoms with van der Waals surface area (Å²) >= 11 is 11.7. The average molecular weight is 244 g/mol. The Bertz CT molecular complexity index is 404. The minimum absolute atomic E-state index is 0.333. The number of aromatic nitrogens is 1. The molecule has 0 saturated heterocycles. The molecule has 0 amide bonds. The van der Waals surface area contributed by atoms with Crippen LogP contribution in [0.25, 0.3) is 0 Å². The molecule has 0 N–H and O–H groups in total. The molecule has 0 radical (unpaired) electrons. The number of amidine groups is 1. The van der Waals surface area contributed by atoms with Crippen molar-refractivity contribution in [1.82, 2.24) is 9.88 Å². The highest BCUT2D eigenvalue weighted by Crippen LogP contribution is 2.21. The van der Waals surface area contributed by atoms with Gasteiger partial charge in [0.2, 0.25) is 0 Å². The number of halogens is 2. The Morgan fingerprint density at radius 3 is 2.87 bits per heavy atom. The molecule has 0 spiro atoms. The molecule has 0 bridgehead atoms. The molecule has 5 heteroatoms. The molecule has 1 aliphatic heterocycles. The Balaban J connectivity index is 2.36. The van der Waals surface area contributed by atoms with E-state index in [0.29, 0.717) is 10.2 Å². The zero-order valence-corrected chi connectivity index (χ0v) is 9.89. The van der Waals surface area contributed by atoms with Gasteiger partial charge in [-0.05, 0) is 12.5 Å². The summed E-state index contributed by atoms with van der Waals surface area (Å²) in [5, 5.41) is 0.801. The van der Waals surface area contributed by atoms with E-state index < -0.39 is 0 Å². The molecular weight excluding hydrogens is 233 g/mol. The zero-order valence-electron chi connectivity index (χ0n) is 8.37. The lowest BCUT2D eigenvalue weighted by Crippen LogP contribution is -2.32. The summed E-state index contributed by atoms with van der Waals surface area (Å²) in [6.07, 6.45) is 2.80. The fourth-order valence-electron chi connectivity index (χ4n) is 1.57. The molecule has 0 saturated carbocycles. The van der Waals surface area contributed by atoms with Crippen LogP contribution in [0.4, 0.5) is 0 Å². The predicted octanol–water partition coefficient (Wildman–Crippen LogP) is 2.47. The van der Waals surface area contributed by atoms with Gasteiger partial charge in [0.05, 0.1) is 5.02 Å². The number of rotatable bonds is 1. The minimum Gasteiger partial charge on any atom is -0.359 e. The lowest BCUT2D eigenvalue weighted by atomic mass is 10.2. The third kappa shape index (κ3) is 2.24. The van der Waals surface area contributed by atoms with Crippen LogP contribution in [0.2, 0.25) is 10.2 Å². The van der Waals surface area contributed by atoms with Gasteiger partial charge in [0, 0.05) is 31.9 Å². The van der Waals surface area contributed by atoms with Crippen molar-refractivity contribution >= 4 is 29.0 Å². The molecule has 3 nitrogen and oxygen atoms in total. The standard InChI is InChI=1S/C10H11Cl2N3/c1-15-4-2-3-13-10(15)7-5-8(11)9(12)14-6-7/h5-6H,2-4H2,1H3. The molecule has 1 aromatic rings. The van der Waals surface area contributed by atoms with E-state index in [4.69, 9.17) is 23.2 Å². The molecule has 0 fully saturated rings. The Morgan fingerprint density at radius 2 is 2.20 bits per heavy atom. The van der Waals surface area contributed by atoms with Crippen molar-refractivity contribution in [1.29, 1.82) is 0 Å². The fourth-order valence-corrected chi connectivity index (χ4v) is 1.84. The summed E-state index contributed by atoms with van der Waals surface area (Å²) in [6, 6.07) is 1.80. The molecule has 2 heterocycles.